The zero-order valence-electron chi connectivity index (χ0n) is 81.2. The third-order valence-electron chi connectivity index (χ3n) is 29.7. The van der Waals surface area contributed by atoms with Crippen LogP contribution in [0, 0.1) is 0 Å². The molecule has 0 spiro atoms. The van der Waals surface area contributed by atoms with E-state index in [-0.39, 0.29) is 0 Å². The van der Waals surface area contributed by atoms with E-state index in [9.17, 15) is 0 Å². The van der Waals surface area contributed by atoms with Gasteiger partial charge >= 0.3 is 0 Å². The Bertz CT molecular complexity index is 10700. The highest BCUT2D eigenvalue weighted by Crippen LogP contribution is 2.50. The standard InChI is InChI=1S/C50H32N4.2C44H28N4/c1-4-16-33(17-5-1)36-30-37(34-18-6-2-7-19-34)32-38(31-36)53-43-26-14-10-22-39(43)47-45(53)28-29-46-48(47)40-23-11-15-27-44(40)54(46)50-49(35-20-8-3-9-21-35)51-41-24-12-13-25-42(41)52-50;1-3-14-29(15-4-1)31-18-13-19-32(28-31)47-37-24-11-7-20-33(37)41-39(47)26-27-40-42(41)34-21-8-12-25-38(34)48(40)44-43(30-16-5-2-6-17-30)45-35-22-9-10-23-36(35)46-44;1-3-13-29(14-4-1)30-23-25-31(26-24-30)43-44(46-36-20-10-9-19-35(36)45-43)48-38-22-12-8-18-34(38)42-40(48)28-27-39-41(42)33-17-7-11-21-37(33)47(39)32-15-5-2-6-16-32/h1-32H;2*1-28H. The lowest BCUT2D eigenvalue weighted by Gasteiger charge is -2.15. The quantitative estimate of drug-likeness (QED) is 0.114. The van der Waals surface area contributed by atoms with Crippen LogP contribution in [0.4, 0.5) is 0 Å². The van der Waals surface area contributed by atoms with E-state index in [0.29, 0.717) is 0 Å². The molecule has 0 aliphatic carbocycles. The monoisotopic (exact) mass is 1910 g/mol. The predicted octanol–water partition coefficient (Wildman–Crippen LogP) is 35.1. The van der Waals surface area contributed by atoms with Crippen molar-refractivity contribution >= 4 is 164 Å². The van der Waals surface area contributed by atoms with Crippen molar-refractivity contribution in [1.82, 2.24) is 57.3 Å². The molecule has 0 aliphatic heterocycles. The summed E-state index contributed by atoms with van der Waals surface area (Å²) in [5, 5.41) is 14.5. The molecule has 0 atom stereocenters. The normalized spacial score (nSPS) is 11.7. The Hall–Kier alpha value is -20.3. The molecule has 0 N–H and O–H groups in total. The molecule has 31 rings (SSSR count). The number of nitrogens with zero attached hydrogens (tertiary/aromatic N) is 12. The molecular formula is C138H88N12. The molecule has 0 saturated heterocycles. The third-order valence-corrected chi connectivity index (χ3v) is 29.7. The molecule has 22 aromatic carbocycles. The van der Waals surface area contributed by atoms with E-state index in [0.717, 1.165) is 146 Å². The molecule has 700 valence electrons. The van der Waals surface area contributed by atoms with Crippen molar-refractivity contribution in [2.75, 3.05) is 0 Å². The second-order valence-corrected chi connectivity index (χ2v) is 38.3. The molecule has 150 heavy (non-hydrogen) atoms. The Morgan fingerprint density at radius 1 is 0.113 bits per heavy atom. The molecule has 12 nitrogen and oxygen atoms in total. The van der Waals surface area contributed by atoms with Crippen molar-refractivity contribution < 1.29 is 0 Å². The first-order valence-corrected chi connectivity index (χ1v) is 50.9. The maximum absolute atomic E-state index is 5.37. The molecule has 0 amide bonds. The summed E-state index contributed by atoms with van der Waals surface area (Å²) in [6.07, 6.45) is 0. The van der Waals surface area contributed by atoms with Gasteiger partial charge in [0.2, 0.25) is 0 Å². The zero-order valence-corrected chi connectivity index (χ0v) is 81.2. The fourth-order valence-electron chi connectivity index (χ4n) is 23.1. The molecule has 9 heterocycles. The highest BCUT2D eigenvalue weighted by atomic mass is 15.1. The van der Waals surface area contributed by atoms with E-state index >= 15 is 0 Å². The lowest BCUT2D eigenvalue weighted by atomic mass is 9.98. The van der Waals surface area contributed by atoms with Crippen LogP contribution in [0.5, 0.6) is 0 Å². The minimum absolute atomic E-state index is 0.817. The van der Waals surface area contributed by atoms with Crippen LogP contribution >= 0.6 is 0 Å². The Kier molecular flexibility index (Phi) is 20.7. The number of benzene rings is 22. The van der Waals surface area contributed by atoms with Crippen molar-refractivity contribution in [3.8, 4) is 113 Å². The summed E-state index contributed by atoms with van der Waals surface area (Å²) in [6, 6.07) is 189. The highest BCUT2D eigenvalue weighted by Gasteiger charge is 2.30. The molecule has 0 fully saturated rings. The van der Waals surface area contributed by atoms with Crippen LogP contribution in [-0.2, 0) is 0 Å². The van der Waals surface area contributed by atoms with Crippen LogP contribution in [0.3, 0.4) is 0 Å². The van der Waals surface area contributed by atoms with Crippen LogP contribution in [0.2, 0.25) is 0 Å². The fraction of sp³-hybridized carbons (Fsp3) is 0. The van der Waals surface area contributed by atoms with E-state index in [1.54, 1.807) is 0 Å². The first-order valence-electron chi connectivity index (χ1n) is 50.9. The fourth-order valence-corrected chi connectivity index (χ4v) is 23.1. The number of fused-ring (bicyclic) bond motifs is 24. The average Bonchev–Trinajstić information content (AvgIpc) is 1.55. The van der Waals surface area contributed by atoms with Gasteiger partial charge in [0, 0.05) is 98.4 Å². The van der Waals surface area contributed by atoms with E-state index in [1.807, 2.05) is 91.0 Å². The van der Waals surface area contributed by atoms with Gasteiger partial charge in [-0.2, -0.15) is 0 Å². The molecule has 0 radical (unpaired) electrons. The van der Waals surface area contributed by atoms with Crippen molar-refractivity contribution in [2.24, 2.45) is 0 Å². The molecule has 0 aliphatic rings. The first-order chi connectivity index (χ1) is 74.5. The smallest absolute Gasteiger partial charge is 0.165 e. The van der Waals surface area contributed by atoms with Crippen molar-refractivity contribution in [1.29, 1.82) is 0 Å². The maximum atomic E-state index is 5.37. The van der Waals surface area contributed by atoms with Gasteiger partial charge in [0.25, 0.3) is 0 Å². The largest absolute Gasteiger partial charge is 0.309 e. The number of para-hydroxylation sites is 13. The third kappa shape index (κ3) is 14.4. The van der Waals surface area contributed by atoms with Gasteiger partial charge in [-0.25, -0.2) is 29.9 Å². The topological polar surface area (TPSA) is 107 Å². The number of hydrogen-bond acceptors (Lipinski definition) is 6. The summed E-state index contributed by atoms with van der Waals surface area (Å²) < 4.78 is 14.2. The molecular weight excluding hydrogens is 1830 g/mol. The predicted molar refractivity (Wildman–Crippen MR) is 623 cm³/mol. The molecule has 9 aromatic heterocycles. The zero-order chi connectivity index (χ0) is 98.8. The van der Waals surface area contributed by atoms with E-state index in [4.69, 9.17) is 29.9 Å². The van der Waals surface area contributed by atoms with E-state index < -0.39 is 0 Å². The second kappa shape index (κ2) is 35.9. The molecule has 0 bridgehead atoms. The Morgan fingerprint density at radius 3 is 0.633 bits per heavy atom. The Morgan fingerprint density at radius 2 is 0.313 bits per heavy atom. The van der Waals surface area contributed by atoms with Crippen LogP contribution in [0.25, 0.3) is 277 Å². The molecule has 0 saturated carbocycles. The van der Waals surface area contributed by atoms with Crippen molar-refractivity contribution in [2.45, 2.75) is 0 Å². The summed E-state index contributed by atoms with van der Waals surface area (Å²) in [5.41, 5.74) is 37.4. The summed E-state index contributed by atoms with van der Waals surface area (Å²) in [4.78, 5) is 31.8. The van der Waals surface area contributed by atoms with Crippen LogP contribution in [-0.4, -0.2) is 57.3 Å². The SMILES string of the molecule is c1ccc(-c2cc(-c3ccccc3)cc(-n3c4ccccc4c4c5c6ccccc6n(-c6nc7ccccc7nc6-c6ccccc6)c5ccc43)c2)cc1.c1ccc(-c2ccc(-c3nc4ccccc4nc3-n3c4ccccc4c4c5c6ccccc6n(-c6ccccc6)c5ccc43)cc2)cc1.c1ccc(-c2cccc(-n3c4ccccc4c4c5c6ccccc6n(-c6nc7ccccc7nc6-c6ccccc6)c5ccc43)c2)cc1. The number of rotatable bonds is 13. The second-order valence-electron chi connectivity index (χ2n) is 38.3. The molecule has 0 unspecified atom stereocenters. The number of hydrogen-bond donors (Lipinski definition) is 0. The van der Waals surface area contributed by atoms with Gasteiger partial charge in [-0.15, -0.1) is 0 Å². The molecule has 31 aromatic rings. The van der Waals surface area contributed by atoms with E-state index in [1.165, 1.54) is 131 Å². The summed E-state index contributed by atoms with van der Waals surface area (Å²) in [5.74, 6) is 2.46. The first kappa shape index (κ1) is 86.3. The van der Waals surface area contributed by atoms with Gasteiger partial charge in [0.15, 0.2) is 17.5 Å². The summed E-state index contributed by atoms with van der Waals surface area (Å²) in [6.45, 7) is 0. The average molecular weight is 1910 g/mol. The van der Waals surface area contributed by atoms with Crippen molar-refractivity contribution in [3.63, 3.8) is 0 Å². The minimum Gasteiger partial charge on any atom is -0.309 e. The number of aromatic nitrogens is 12. The van der Waals surface area contributed by atoms with Crippen LogP contribution in [0.1, 0.15) is 0 Å². The summed E-state index contributed by atoms with van der Waals surface area (Å²) >= 11 is 0. The Balaban J connectivity index is 0.000000106. The molecule has 12 heteroatoms. The van der Waals surface area contributed by atoms with Crippen LogP contribution < -0.4 is 0 Å². The minimum atomic E-state index is 0.817. The lowest BCUT2D eigenvalue weighted by molar-refractivity contribution is 1.08. The lowest BCUT2D eigenvalue weighted by Crippen LogP contribution is -2.03. The van der Waals surface area contributed by atoms with Crippen molar-refractivity contribution in [3.05, 3.63) is 534 Å². The Labute approximate surface area is 861 Å². The van der Waals surface area contributed by atoms with Gasteiger partial charge in [0.1, 0.15) is 17.1 Å². The van der Waals surface area contributed by atoms with Gasteiger partial charge in [-0.1, -0.05) is 382 Å². The van der Waals surface area contributed by atoms with Gasteiger partial charge in [0.05, 0.1) is 99.3 Å². The van der Waals surface area contributed by atoms with Gasteiger partial charge in [-0.3, -0.25) is 13.7 Å². The van der Waals surface area contributed by atoms with Gasteiger partial charge < -0.3 is 13.7 Å². The highest BCUT2D eigenvalue weighted by molar-refractivity contribution is 6.32. The van der Waals surface area contributed by atoms with E-state index in [2.05, 4.69) is 470 Å². The van der Waals surface area contributed by atoms with Crippen LogP contribution in [0.15, 0.2) is 534 Å². The summed E-state index contributed by atoms with van der Waals surface area (Å²) in [7, 11) is 0. The van der Waals surface area contributed by atoms with Gasteiger partial charge in [-0.05, 0) is 196 Å². The maximum Gasteiger partial charge on any atom is 0.165 e.